The Hall–Kier alpha value is -2.36. The maximum Gasteiger partial charge on any atom is 0.137 e. The highest BCUT2D eigenvalue weighted by molar-refractivity contribution is 5.80. The highest BCUT2D eigenvalue weighted by Gasteiger charge is 2.07. The van der Waals surface area contributed by atoms with Crippen molar-refractivity contribution in [3.8, 4) is 5.75 Å². The summed E-state index contributed by atoms with van der Waals surface area (Å²) in [7, 11) is 0. The maximum atomic E-state index is 13.0. The Balaban J connectivity index is 1.82. The van der Waals surface area contributed by atoms with Crippen LogP contribution in [0.1, 0.15) is 5.56 Å². The first-order chi connectivity index (χ1) is 9.22. The highest BCUT2D eigenvalue weighted by Crippen LogP contribution is 2.23. The molecule has 19 heavy (non-hydrogen) atoms. The van der Waals surface area contributed by atoms with Crippen molar-refractivity contribution in [2.24, 2.45) is 0 Å². The normalized spacial score (nSPS) is 10.8. The zero-order valence-electron chi connectivity index (χ0n) is 9.90. The fraction of sp³-hybridized carbons (Fsp3) is 0.0667. The molecule has 1 aromatic heterocycles. The number of ether oxygens (including phenoxy) is 1. The first kappa shape index (κ1) is 11.7. The number of furan rings is 1. The second kappa shape index (κ2) is 4.72. The van der Waals surface area contributed by atoms with E-state index in [0.29, 0.717) is 11.3 Å². The molecular formula is C15H10F2O2. The van der Waals surface area contributed by atoms with Crippen LogP contribution in [-0.4, -0.2) is 0 Å². The number of rotatable bonds is 3. The summed E-state index contributed by atoms with van der Waals surface area (Å²) in [5, 5.41) is 0.790. The van der Waals surface area contributed by atoms with Crippen LogP contribution in [0.3, 0.4) is 0 Å². The van der Waals surface area contributed by atoms with Crippen molar-refractivity contribution < 1.29 is 17.9 Å². The van der Waals surface area contributed by atoms with E-state index in [0.717, 1.165) is 10.9 Å². The zero-order valence-corrected chi connectivity index (χ0v) is 9.90. The van der Waals surface area contributed by atoms with E-state index in [1.54, 1.807) is 18.2 Å². The molecule has 0 bridgehead atoms. The molecule has 0 aliphatic heterocycles. The molecule has 3 aromatic rings. The Morgan fingerprint density at radius 2 is 1.84 bits per heavy atom. The first-order valence-electron chi connectivity index (χ1n) is 5.76. The van der Waals surface area contributed by atoms with E-state index < -0.39 is 0 Å². The largest absolute Gasteiger partial charge is 0.489 e. The van der Waals surface area contributed by atoms with E-state index in [-0.39, 0.29) is 18.2 Å². The number of hydrogen-bond donors (Lipinski definition) is 0. The first-order valence-corrected chi connectivity index (χ1v) is 5.76. The lowest BCUT2D eigenvalue weighted by molar-refractivity contribution is 0.304. The summed E-state index contributed by atoms with van der Waals surface area (Å²) < 4.78 is 36.7. The monoisotopic (exact) mass is 260 g/mol. The Morgan fingerprint density at radius 1 is 1.00 bits per heavy atom. The van der Waals surface area contributed by atoms with Crippen LogP contribution in [0.4, 0.5) is 8.78 Å². The summed E-state index contributed by atoms with van der Waals surface area (Å²) in [5.41, 5.74) is 1.26. The van der Waals surface area contributed by atoms with Gasteiger partial charge in [-0.25, -0.2) is 8.78 Å². The molecule has 0 fully saturated rings. The van der Waals surface area contributed by atoms with Crippen molar-refractivity contribution in [3.63, 3.8) is 0 Å². The Bertz CT molecular complexity index is 719. The Morgan fingerprint density at radius 3 is 2.68 bits per heavy atom. The second-order valence-electron chi connectivity index (χ2n) is 4.15. The summed E-state index contributed by atoms with van der Waals surface area (Å²) in [6.45, 7) is 0.238. The van der Waals surface area contributed by atoms with Gasteiger partial charge < -0.3 is 9.15 Å². The molecule has 0 saturated carbocycles. The van der Waals surface area contributed by atoms with Gasteiger partial charge in [0.25, 0.3) is 0 Å². The summed E-state index contributed by atoms with van der Waals surface area (Å²) >= 11 is 0. The van der Waals surface area contributed by atoms with Gasteiger partial charge in [0.05, 0.1) is 6.26 Å². The van der Waals surface area contributed by atoms with Gasteiger partial charge in [-0.1, -0.05) is 6.07 Å². The molecule has 0 unspecified atom stereocenters. The van der Waals surface area contributed by atoms with Crippen LogP contribution in [0, 0.1) is 11.6 Å². The summed E-state index contributed by atoms with van der Waals surface area (Å²) in [6, 6.07) is 10.2. The van der Waals surface area contributed by atoms with E-state index in [1.807, 2.05) is 0 Å². The van der Waals surface area contributed by atoms with Gasteiger partial charge in [-0.15, -0.1) is 0 Å². The van der Waals surface area contributed by atoms with Crippen LogP contribution in [0.25, 0.3) is 11.0 Å². The lowest BCUT2D eigenvalue weighted by Gasteiger charge is -2.04. The molecule has 0 spiro atoms. The van der Waals surface area contributed by atoms with E-state index in [4.69, 9.17) is 9.15 Å². The number of fused-ring (bicyclic) bond motifs is 1. The van der Waals surface area contributed by atoms with Crippen molar-refractivity contribution in [3.05, 3.63) is 65.9 Å². The van der Waals surface area contributed by atoms with Crippen molar-refractivity contribution in [1.82, 2.24) is 0 Å². The average Bonchev–Trinajstić information content (AvgIpc) is 2.78. The van der Waals surface area contributed by atoms with Crippen LogP contribution in [0.5, 0.6) is 5.75 Å². The predicted molar refractivity (Wildman–Crippen MR) is 66.9 cm³/mol. The quantitative estimate of drug-likeness (QED) is 0.701. The predicted octanol–water partition coefficient (Wildman–Crippen LogP) is 4.29. The molecule has 4 heteroatoms. The third kappa shape index (κ3) is 2.42. The molecule has 2 aromatic carbocycles. The second-order valence-corrected chi connectivity index (χ2v) is 4.15. The number of benzene rings is 2. The van der Waals surface area contributed by atoms with Crippen molar-refractivity contribution in [2.45, 2.75) is 6.61 Å². The minimum Gasteiger partial charge on any atom is -0.489 e. The topological polar surface area (TPSA) is 22.4 Å². The summed E-state index contributed by atoms with van der Waals surface area (Å²) in [4.78, 5) is 0. The minimum atomic E-state index is -0.350. The lowest BCUT2D eigenvalue weighted by atomic mass is 10.2. The van der Waals surface area contributed by atoms with Crippen LogP contribution < -0.4 is 4.74 Å². The fourth-order valence-corrected chi connectivity index (χ4v) is 1.89. The summed E-state index contributed by atoms with van der Waals surface area (Å²) in [6.07, 6.45) is 1.52. The lowest BCUT2D eigenvalue weighted by Crippen LogP contribution is -1.94. The molecule has 0 atom stereocenters. The summed E-state index contributed by atoms with van der Waals surface area (Å²) in [5.74, 6) is -0.257. The molecule has 2 nitrogen and oxygen atoms in total. The van der Waals surface area contributed by atoms with Crippen LogP contribution >= 0.6 is 0 Å². The number of halogens is 2. The van der Waals surface area contributed by atoms with Crippen LogP contribution in [0.15, 0.2) is 53.1 Å². The van der Waals surface area contributed by atoms with E-state index in [1.165, 1.54) is 30.5 Å². The highest BCUT2D eigenvalue weighted by atomic mass is 19.1. The van der Waals surface area contributed by atoms with Gasteiger partial charge in [0, 0.05) is 23.1 Å². The zero-order chi connectivity index (χ0) is 13.2. The standard InChI is InChI=1S/C15H10F2O2/c16-11-2-1-3-13(6-11)18-8-10-9-19-15-7-12(17)4-5-14(10)15/h1-7,9H,8H2. The van der Waals surface area contributed by atoms with E-state index >= 15 is 0 Å². The number of hydrogen-bond acceptors (Lipinski definition) is 2. The van der Waals surface area contributed by atoms with Gasteiger partial charge in [-0.3, -0.25) is 0 Å². The molecule has 3 rings (SSSR count). The maximum absolute atomic E-state index is 13.0. The molecule has 0 N–H and O–H groups in total. The van der Waals surface area contributed by atoms with Gasteiger partial charge in [0.1, 0.15) is 29.6 Å². The molecule has 1 heterocycles. The minimum absolute atomic E-state index is 0.238. The van der Waals surface area contributed by atoms with E-state index in [2.05, 4.69) is 0 Å². The Kier molecular flexibility index (Phi) is 2.91. The van der Waals surface area contributed by atoms with Gasteiger partial charge >= 0.3 is 0 Å². The van der Waals surface area contributed by atoms with Crippen LogP contribution in [-0.2, 0) is 6.61 Å². The van der Waals surface area contributed by atoms with Crippen molar-refractivity contribution in [2.75, 3.05) is 0 Å². The van der Waals surface area contributed by atoms with Gasteiger partial charge in [-0.05, 0) is 24.3 Å². The van der Waals surface area contributed by atoms with Gasteiger partial charge in [-0.2, -0.15) is 0 Å². The third-order valence-electron chi connectivity index (χ3n) is 2.81. The average molecular weight is 260 g/mol. The van der Waals surface area contributed by atoms with E-state index in [9.17, 15) is 8.78 Å². The van der Waals surface area contributed by atoms with Gasteiger partial charge in [0.2, 0.25) is 0 Å². The van der Waals surface area contributed by atoms with Crippen molar-refractivity contribution >= 4 is 11.0 Å². The molecular weight excluding hydrogens is 250 g/mol. The molecule has 96 valence electrons. The Labute approximate surface area is 108 Å². The molecule has 0 amide bonds. The van der Waals surface area contributed by atoms with Gasteiger partial charge in [0.15, 0.2) is 0 Å². The molecule has 0 aliphatic carbocycles. The molecule has 0 saturated heterocycles. The molecule has 0 aliphatic rings. The van der Waals surface area contributed by atoms with Crippen molar-refractivity contribution in [1.29, 1.82) is 0 Å². The van der Waals surface area contributed by atoms with Crippen LogP contribution in [0.2, 0.25) is 0 Å². The third-order valence-corrected chi connectivity index (χ3v) is 2.81. The smallest absolute Gasteiger partial charge is 0.137 e. The SMILES string of the molecule is Fc1cccc(OCc2coc3cc(F)ccc23)c1. The molecule has 0 radical (unpaired) electrons. The fourth-order valence-electron chi connectivity index (χ4n) is 1.89.